The van der Waals surface area contributed by atoms with E-state index in [0.717, 1.165) is 46.4 Å². The predicted molar refractivity (Wildman–Crippen MR) is 275 cm³/mol. The molecule has 5 aromatic carbocycles. The molecule has 0 aliphatic carbocycles. The maximum atomic E-state index is 15.9. The van der Waals surface area contributed by atoms with Gasteiger partial charge in [-0.3, -0.25) is 28.8 Å². The Morgan fingerprint density at radius 1 is 0.625 bits per heavy atom. The molecule has 2 spiro atoms. The number of unbranched alkanes of at least 4 members (excludes halogenated alkanes) is 3. The molecule has 3 aromatic heterocycles. The highest BCUT2D eigenvalue weighted by Crippen LogP contribution is 2.61. The van der Waals surface area contributed by atoms with E-state index in [1.165, 1.54) is 21.7 Å². The van der Waals surface area contributed by atoms with Crippen molar-refractivity contribution in [2.45, 2.75) is 63.7 Å². The van der Waals surface area contributed by atoms with Gasteiger partial charge < -0.3 is 14.5 Å². The number of anilines is 3. The zero-order chi connectivity index (χ0) is 49.8. The first-order valence-electron chi connectivity index (χ1n) is 24.2. The molecule has 4 aliphatic rings. The highest BCUT2D eigenvalue weighted by atomic mass is 32.2. The summed E-state index contributed by atoms with van der Waals surface area (Å²) in [6.07, 6.45) is 2.70. The maximum absolute atomic E-state index is 15.9. The molecule has 1 unspecified atom stereocenters. The third-order valence-electron chi connectivity index (χ3n) is 14.8. The van der Waals surface area contributed by atoms with Gasteiger partial charge in [-0.05, 0) is 101 Å². The molecule has 8 aromatic rings. The summed E-state index contributed by atoms with van der Waals surface area (Å²) in [5, 5.41) is 10.1. The molecule has 0 bridgehead atoms. The van der Waals surface area contributed by atoms with Crippen molar-refractivity contribution < 1.29 is 23.5 Å². The van der Waals surface area contributed by atoms with Crippen LogP contribution >= 0.6 is 11.8 Å². The van der Waals surface area contributed by atoms with Crippen molar-refractivity contribution in [3.8, 4) is 28.8 Å². The molecule has 1 fully saturated rings. The summed E-state index contributed by atoms with van der Waals surface area (Å²) in [6, 6.07) is 39.1. The molecule has 12 rings (SSSR count). The van der Waals surface area contributed by atoms with Crippen LogP contribution in [0.3, 0.4) is 0 Å². The van der Waals surface area contributed by atoms with Gasteiger partial charge >= 0.3 is 0 Å². The summed E-state index contributed by atoms with van der Waals surface area (Å²) >= 11 is 1.12. The molecular formula is C56H50FN9O5S. The Hall–Kier alpha value is -7.98. The van der Waals surface area contributed by atoms with E-state index in [1.807, 2.05) is 117 Å². The van der Waals surface area contributed by atoms with Gasteiger partial charge in [-0.1, -0.05) is 85.1 Å². The zero-order valence-corrected chi connectivity index (χ0v) is 41.2. The largest absolute Gasteiger partial charge is 0.420 e. The van der Waals surface area contributed by atoms with Crippen LogP contribution in [0.15, 0.2) is 132 Å². The first kappa shape index (κ1) is 45.2. The number of aryl methyl sites for hydroxylation is 3. The number of carbonyl (C=O) groups is 3. The summed E-state index contributed by atoms with van der Waals surface area (Å²) in [5.74, 6) is -0.583. The van der Waals surface area contributed by atoms with Crippen molar-refractivity contribution in [2.75, 3.05) is 33.5 Å². The summed E-state index contributed by atoms with van der Waals surface area (Å²) in [6.45, 7) is 8.39. The Balaban J connectivity index is 0.830. The van der Waals surface area contributed by atoms with Gasteiger partial charge in [0.1, 0.15) is 16.9 Å². The highest BCUT2D eigenvalue weighted by Gasteiger charge is 2.63. The van der Waals surface area contributed by atoms with E-state index >= 15 is 14.0 Å². The van der Waals surface area contributed by atoms with E-state index < -0.39 is 27.6 Å². The van der Waals surface area contributed by atoms with Crippen LogP contribution in [0.1, 0.15) is 70.6 Å². The first-order valence-corrected chi connectivity index (χ1v) is 25.2. The summed E-state index contributed by atoms with van der Waals surface area (Å²) in [4.78, 5) is 62.5. The minimum Gasteiger partial charge on any atom is -0.420 e. The average Bonchev–Trinajstić information content (AvgIpc) is 4.18. The number of thioether (sulfide) groups is 1. The molecule has 362 valence electrons. The van der Waals surface area contributed by atoms with Gasteiger partial charge in [0.25, 0.3) is 11.5 Å². The van der Waals surface area contributed by atoms with Crippen LogP contribution < -0.4 is 25.0 Å². The van der Waals surface area contributed by atoms with Crippen LogP contribution in [0, 0.1) is 33.5 Å². The number of hydrogen-bond donors (Lipinski definition) is 0. The smallest absolute Gasteiger partial charge is 0.295 e. The van der Waals surface area contributed by atoms with Crippen molar-refractivity contribution in [1.29, 1.82) is 0 Å². The molecule has 7 heterocycles. The van der Waals surface area contributed by atoms with E-state index in [0.29, 0.717) is 89.3 Å². The fourth-order valence-corrected chi connectivity index (χ4v) is 12.9. The van der Waals surface area contributed by atoms with Crippen molar-refractivity contribution in [3.05, 3.63) is 188 Å². The normalized spacial score (nSPS) is 17.3. The monoisotopic (exact) mass is 979 g/mol. The maximum Gasteiger partial charge on any atom is 0.295 e. The van der Waals surface area contributed by atoms with Crippen LogP contribution in [0.25, 0.3) is 17.1 Å². The fraction of sp³-hybridized carbons (Fsp3) is 0.250. The Bertz CT molecular complexity index is 3510. The van der Waals surface area contributed by atoms with Gasteiger partial charge in [0, 0.05) is 37.0 Å². The number of aromatic nitrogens is 6. The molecule has 0 radical (unpaired) electrons. The SMILES string of the molecule is Cc1ccc2c(c1)C1(C(=O)N2CCCCCCN2C(=O)C3(SCC(=O)N3c3c(C)n(C)n(-c4ccccc4)c3=O)c3cc(F)ccc32)c2c(C)nn(-c3ccccc3)c2Oc2c1c(C)nn2-c1ccccc1. The number of halogens is 1. The second kappa shape index (κ2) is 16.8. The summed E-state index contributed by atoms with van der Waals surface area (Å²) < 4.78 is 29.0. The highest BCUT2D eigenvalue weighted by molar-refractivity contribution is 8.02. The van der Waals surface area contributed by atoms with Crippen molar-refractivity contribution in [2.24, 2.45) is 7.05 Å². The van der Waals surface area contributed by atoms with Crippen molar-refractivity contribution in [1.82, 2.24) is 28.9 Å². The zero-order valence-electron chi connectivity index (χ0n) is 40.4. The lowest BCUT2D eigenvalue weighted by Crippen LogP contribution is -2.51. The standard InChI is InChI=1S/C56H50FN9O5S/c1-34-25-27-44-42(31-34)55(47-35(2)58-64(39-19-11-8-12-20-39)51(47)71-52-48(55)36(3)59-65(52)40-21-13-9-14-22-40)53(69)61(44)29-17-6-7-18-30-62-45-28-26-38(57)32-43(45)56(54(62)70)63(46(67)33-72-56)49-37(4)60(5)66(50(49)68)41-23-15-10-16-24-41/h8-16,19-28,31-32H,6-7,17-18,29-30,33H2,1-5H3. The minimum absolute atomic E-state index is 0.0621. The lowest BCUT2D eigenvalue weighted by Gasteiger charge is -2.34. The van der Waals surface area contributed by atoms with E-state index in [1.54, 1.807) is 51.1 Å². The van der Waals surface area contributed by atoms with Gasteiger partial charge in [-0.2, -0.15) is 10.2 Å². The Kier molecular flexibility index (Phi) is 10.6. The van der Waals surface area contributed by atoms with E-state index in [9.17, 15) is 9.59 Å². The van der Waals surface area contributed by atoms with Crippen LogP contribution in [-0.2, 0) is 31.7 Å². The number of carbonyl (C=O) groups excluding carboxylic acids is 3. The first-order chi connectivity index (χ1) is 34.9. The molecule has 0 saturated carbocycles. The van der Waals surface area contributed by atoms with Gasteiger partial charge in [0.15, 0.2) is 0 Å². The molecule has 16 heteroatoms. The number of amides is 3. The van der Waals surface area contributed by atoms with Crippen LogP contribution in [-0.4, -0.2) is 65.5 Å². The molecule has 4 aliphatic heterocycles. The molecule has 1 saturated heterocycles. The number of hydrogen-bond acceptors (Lipinski definition) is 8. The second-order valence-corrected chi connectivity index (χ2v) is 20.1. The predicted octanol–water partition coefficient (Wildman–Crippen LogP) is 9.25. The summed E-state index contributed by atoms with van der Waals surface area (Å²) in [5.41, 5.74) is 7.26. The van der Waals surface area contributed by atoms with E-state index in [2.05, 4.69) is 6.07 Å². The van der Waals surface area contributed by atoms with Crippen molar-refractivity contribution in [3.63, 3.8) is 0 Å². The van der Waals surface area contributed by atoms with Crippen LogP contribution in [0.5, 0.6) is 11.8 Å². The fourth-order valence-electron chi connectivity index (χ4n) is 11.5. The number of rotatable bonds is 11. The third-order valence-corrected chi connectivity index (χ3v) is 16.2. The molecular weight excluding hydrogens is 930 g/mol. The topological polar surface area (TPSA) is 133 Å². The van der Waals surface area contributed by atoms with E-state index in [4.69, 9.17) is 14.9 Å². The molecule has 0 N–H and O–H groups in total. The minimum atomic E-state index is -1.66. The van der Waals surface area contributed by atoms with Gasteiger partial charge in [-0.25, -0.2) is 18.4 Å². The van der Waals surface area contributed by atoms with Crippen LogP contribution in [0.4, 0.5) is 21.5 Å². The molecule has 72 heavy (non-hydrogen) atoms. The lowest BCUT2D eigenvalue weighted by atomic mass is 9.68. The summed E-state index contributed by atoms with van der Waals surface area (Å²) in [7, 11) is 1.74. The van der Waals surface area contributed by atoms with Crippen molar-refractivity contribution >= 4 is 46.5 Å². The van der Waals surface area contributed by atoms with E-state index in [-0.39, 0.29) is 23.3 Å². The average molecular weight is 980 g/mol. The number of para-hydroxylation sites is 3. The number of benzene rings is 5. The van der Waals surface area contributed by atoms with Gasteiger partial charge in [0.05, 0.1) is 56.7 Å². The Morgan fingerprint density at radius 2 is 1.15 bits per heavy atom. The Labute approximate surface area is 418 Å². The number of fused-ring (bicyclic) bond motifs is 8. The lowest BCUT2D eigenvalue weighted by molar-refractivity contribution is -0.123. The number of nitrogens with zero attached hydrogens (tertiary/aromatic N) is 9. The van der Waals surface area contributed by atoms with Crippen LogP contribution in [0.2, 0.25) is 0 Å². The second-order valence-electron chi connectivity index (χ2n) is 19.0. The molecule has 14 nitrogen and oxygen atoms in total. The van der Waals surface area contributed by atoms with Gasteiger partial charge in [-0.15, -0.1) is 11.8 Å². The quantitative estimate of drug-likeness (QED) is 0.117. The Morgan fingerprint density at radius 3 is 1.74 bits per heavy atom. The third kappa shape index (κ3) is 6.33. The molecule has 3 amide bonds. The molecule has 1 atom stereocenters. The number of ether oxygens (including phenoxy) is 1. The van der Waals surface area contributed by atoms with Gasteiger partial charge in [0.2, 0.25) is 28.4 Å².